The van der Waals surface area contributed by atoms with Gasteiger partial charge >= 0.3 is 0 Å². The van der Waals surface area contributed by atoms with Gasteiger partial charge in [0.25, 0.3) is 0 Å². The monoisotopic (exact) mass is 205 g/mol. The summed E-state index contributed by atoms with van der Waals surface area (Å²) >= 11 is 5.77. The van der Waals surface area contributed by atoms with Crippen LogP contribution in [0.25, 0.3) is 0 Å². The lowest BCUT2D eigenvalue weighted by Crippen LogP contribution is -2.57. The van der Waals surface area contributed by atoms with Gasteiger partial charge in [0.15, 0.2) is 0 Å². The molecule has 0 bridgehead atoms. The first-order chi connectivity index (χ1) is 6.26. The maximum absolute atomic E-state index is 5.77. The Kier molecular flexibility index (Phi) is 4.31. The number of hydrogen-bond acceptors (Lipinski definition) is 5. The lowest BCUT2D eigenvalue weighted by molar-refractivity contribution is 0.206. The predicted octanol–water partition coefficient (Wildman–Crippen LogP) is -0.148. The van der Waals surface area contributed by atoms with Crippen LogP contribution in [0.4, 0.5) is 0 Å². The molecule has 1 unspecified atom stereocenters. The van der Waals surface area contributed by atoms with E-state index in [1.165, 1.54) is 4.64 Å². The highest BCUT2D eigenvalue weighted by Crippen LogP contribution is 1.99. The third kappa shape index (κ3) is 3.40. The van der Waals surface area contributed by atoms with E-state index < -0.39 is 0 Å². The van der Waals surface area contributed by atoms with Gasteiger partial charge in [0.1, 0.15) is 5.82 Å². The average Bonchev–Trinajstić information content (AvgIpc) is 2.04. The van der Waals surface area contributed by atoms with E-state index in [1.807, 2.05) is 19.9 Å². The van der Waals surface area contributed by atoms with Gasteiger partial charge in [0, 0.05) is 18.3 Å². The molecule has 0 radical (unpaired) electrons. The van der Waals surface area contributed by atoms with Crippen molar-refractivity contribution in [1.82, 2.24) is 26.1 Å². The molecule has 0 spiro atoms. The minimum absolute atomic E-state index is 0.0674. The van der Waals surface area contributed by atoms with Crippen molar-refractivity contribution in [2.75, 3.05) is 13.1 Å². The smallest absolute Gasteiger partial charge is 0.114 e. The van der Waals surface area contributed by atoms with Crippen LogP contribution in [0.5, 0.6) is 0 Å². The molecular weight excluding hydrogens is 190 g/mol. The van der Waals surface area contributed by atoms with Crippen LogP contribution in [-0.4, -0.2) is 23.9 Å². The molecule has 5 nitrogen and oxygen atoms in total. The summed E-state index contributed by atoms with van der Waals surface area (Å²) in [7, 11) is 0. The van der Waals surface area contributed by atoms with Gasteiger partial charge in [0.05, 0.1) is 6.17 Å². The van der Waals surface area contributed by atoms with Gasteiger partial charge in [-0.3, -0.25) is 10.7 Å². The molecule has 0 aromatic heterocycles. The molecule has 1 rings (SSSR count). The Morgan fingerprint density at radius 3 is 2.92 bits per heavy atom. The first-order valence-electron chi connectivity index (χ1n) is 4.44. The summed E-state index contributed by atoms with van der Waals surface area (Å²) in [4.78, 5) is 0. The molecule has 76 valence electrons. The molecule has 0 aromatic rings. The molecular formula is C7H16ClN5. The highest BCUT2D eigenvalue weighted by atomic mass is 35.5. The summed E-state index contributed by atoms with van der Waals surface area (Å²) in [5.74, 6) is 0.905. The van der Waals surface area contributed by atoms with Gasteiger partial charge in [0.2, 0.25) is 0 Å². The van der Waals surface area contributed by atoms with Gasteiger partial charge in [-0.25, -0.2) is 5.43 Å². The second-order valence-corrected chi connectivity index (χ2v) is 3.01. The van der Waals surface area contributed by atoms with Crippen molar-refractivity contribution in [2.45, 2.75) is 20.0 Å². The highest BCUT2D eigenvalue weighted by Gasteiger charge is 2.15. The third-order valence-electron chi connectivity index (χ3n) is 1.60. The number of nitrogens with zero attached hydrogens (tertiary/aromatic N) is 1. The first-order valence-corrected chi connectivity index (χ1v) is 4.77. The maximum Gasteiger partial charge on any atom is 0.114 e. The van der Waals surface area contributed by atoms with Gasteiger partial charge < -0.3 is 5.32 Å². The quantitative estimate of drug-likeness (QED) is 0.481. The molecule has 13 heavy (non-hydrogen) atoms. The number of hydrazine groups is 2. The van der Waals surface area contributed by atoms with E-state index in [-0.39, 0.29) is 6.17 Å². The molecule has 0 fully saturated rings. The Bertz CT molecular complexity index is 184. The predicted molar refractivity (Wildman–Crippen MR) is 53.2 cm³/mol. The Labute approximate surface area is 83.5 Å². The Morgan fingerprint density at radius 1 is 1.54 bits per heavy atom. The SMILES string of the molecule is CCNC1=CC(NCC)NN(Cl)N1. The molecule has 1 heterocycles. The van der Waals surface area contributed by atoms with Gasteiger partial charge in [-0.05, 0) is 19.5 Å². The lowest BCUT2D eigenvalue weighted by Gasteiger charge is -2.29. The second kappa shape index (κ2) is 5.29. The van der Waals surface area contributed by atoms with Crippen LogP contribution in [-0.2, 0) is 0 Å². The molecule has 0 aliphatic carbocycles. The molecule has 1 atom stereocenters. The van der Waals surface area contributed by atoms with E-state index in [0.29, 0.717) is 0 Å². The fourth-order valence-electron chi connectivity index (χ4n) is 1.11. The van der Waals surface area contributed by atoms with Gasteiger partial charge in [-0.1, -0.05) is 11.6 Å². The van der Waals surface area contributed by atoms with Crippen molar-refractivity contribution >= 4 is 11.8 Å². The zero-order valence-electron chi connectivity index (χ0n) is 7.89. The van der Waals surface area contributed by atoms with E-state index in [0.717, 1.165) is 18.9 Å². The Hall–Kier alpha value is -0.490. The van der Waals surface area contributed by atoms with E-state index in [2.05, 4.69) is 21.5 Å². The largest absolute Gasteiger partial charge is 0.371 e. The number of hydrogen-bond donors (Lipinski definition) is 4. The second-order valence-electron chi connectivity index (χ2n) is 2.67. The fourth-order valence-corrected chi connectivity index (χ4v) is 1.31. The topological polar surface area (TPSA) is 51.4 Å². The fraction of sp³-hybridized carbons (Fsp3) is 0.714. The van der Waals surface area contributed by atoms with Crippen LogP contribution < -0.4 is 21.5 Å². The number of halogens is 1. The molecule has 0 saturated heterocycles. The summed E-state index contributed by atoms with van der Waals surface area (Å²) < 4.78 is 1.31. The van der Waals surface area contributed by atoms with Crippen LogP contribution in [0, 0.1) is 0 Å². The summed E-state index contributed by atoms with van der Waals surface area (Å²) in [6, 6.07) is 0. The first kappa shape index (κ1) is 10.6. The summed E-state index contributed by atoms with van der Waals surface area (Å²) in [5, 5.41) is 6.36. The standard InChI is InChI=1S/C7H16ClN5/c1-3-9-6-5-7(10-4-2)12-13(8)11-6/h5-6,9-12H,3-4H2,1-2H3. The summed E-state index contributed by atoms with van der Waals surface area (Å²) in [6.45, 7) is 5.83. The Balaban J connectivity index is 2.50. The molecule has 0 aromatic carbocycles. The van der Waals surface area contributed by atoms with Crippen molar-refractivity contribution in [1.29, 1.82) is 0 Å². The van der Waals surface area contributed by atoms with E-state index in [9.17, 15) is 0 Å². The molecule has 6 heteroatoms. The average molecular weight is 206 g/mol. The van der Waals surface area contributed by atoms with Crippen LogP contribution in [0.15, 0.2) is 11.9 Å². The van der Waals surface area contributed by atoms with Crippen LogP contribution in [0.3, 0.4) is 0 Å². The van der Waals surface area contributed by atoms with Crippen molar-refractivity contribution < 1.29 is 0 Å². The van der Waals surface area contributed by atoms with E-state index in [4.69, 9.17) is 11.8 Å². The zero-order valence-corrected chi connectivity index (χ0v) is 8.65. The van der Waals surface area contributed by atoms with Crippen molar-refractivity contribution in [3.63, 3.8) is 0 Å². The van der Waals surface area contributed by atoms with Crippen LogP contribution >= 0.6 is 11.8 Å². The number of likely N-dealkylation sites (N-methyl/N-ethyl adjacent to an activating group) is 1. The minimum Gasteiger partial charge on any atom is -0.371 e. The van der Waals surface area contributed by atoms with Gasteiger partial charge in [-0.2, -0.15) is 0 Å². The molecule has 1 aliphatic heterocycles. The normalized spacial score (nSPS) is 23.6. The third-order valence-corrected chi connectivity index (χ3v) is 1.78. The van der Waals surface area contributed by atoms with E-state index >= 15 is 0 Å². The van der Waals surface area contributed by atoms with Crippen LogP contribution in [0.2, 0.25) is 0 Å². The molecule has 0 amide bonds. The molecule has 4 N–H and O–H groups in total. The summed E-state index contributed by atoms with van der Waals surface area (Å²) in [6.07, 6.45) is 2.07. The Morgan fingerprint density at radius 2 is 2.31 bits per heavy atom. The zero-order chi connectivity index (χ0) is 9.68. The van der Waals surface area contributed by atoms with Crippen molar-refractivity contribution in [3.05, 3.63) is 11.9 Å². The van der Waals surface area contributed by atoms with E-state index in [1.54, 1.807) is 0 Å². The maximum atomic E-state index is 5.77. The molecule has 1 aliphatic rings. The van der Waals surface area contributed by atoms with Crippen LogP contribution in [0.1, 0.15) is 13.8 Å². The molecule has 0 saturated carbocycles. The number of rotatable bonds is 4. The summed E-state index contributed by atoms with van der Waals surface area (Å²) in [5.41, 5.74) is 5.87. The lowest BCUT2D eigenvalue weighted by atomic mass is 10.4. The van der Waals surface area contributed by atoms with Gasteiger partial charge in [-0.15, -0.1) is 0 Å². The van der Waals surface area contributed by atoms with Crippen molar-refractivity contribution in [3.8, 4) is 0 Å². The highest BCUT2D eigenvalue weighted by molar-refractivity contribution is 6.12. The minimum atomic E-state index is 0.0674. The van der Waals surface area contributed by atoms with Crippen molar-refractivity contribution in [2.24, 2.45) is 0 Å². The number of nitrogens with one attached hydrogen (secondary N) is 4.